The summed E-state index contributed by atoms with van der Waals surface area (Å²) in [6, 6.07) is 9.74. The highest BCUT2D eigenvalue weighted by Gasteiger charge is 2.14. The van der Waals surface area contributed by atoms with E-state index >= 15 is 0 Å². The topological polar surface area (TPSA) is 29.5 Å². The fraction of sp³-hybridized carbons (Fsp3) is 0.250. The van der Waals surface area contributed by atoms with Crippen LogP contribution in [0.2, 0.25) is 0 Å². The van der Waals surface area contributed by atoms with Crippen molar-refractivity contribution in [3.63, 3.8) is 0 Å². The summed E-state index contributed by atoms with van der Waals surface area (Å²) in [5, 5.41) is 10.3. The number of methoxy groups -OCH3 is 1. The molecule has 2 aromatic carbocycles. The Hall–Kier alpha value is -1.87. The summed E-state index contributed by atoms with van der Waals surface area (Å²) in [6.45, 7) is 3.85. The van der Waals surface area contributed by atoms with Crippen LogP contribution < -0.4 is 4.74 Å². The third-order valence-electron chi connectivity index (χ3n) is 3.17. The van der Waals surface area contributed by atoms with Gasteiger partial charge in [0.05, 0.1) is 7.11 Å². The van der Waals surface area contributed by atoms with E-state index in [0.717, 1.165) is 22.4 Å². The highest BCUT2D eigenvalue weighted by atomic mass is 19.1. The lowest BCUT2D eigenvalue weighted by atomic mass is 9.97. The number of aliphatic hydroxyl groups excluding tert-OH is 1. The zero-order valence-electron chi connectivity index (χ0n) is 11.3. The van der Waals surface area contributed by atoms with Crippen LogP contribution in [-0.4, -0.2) is 12.2 Å². The molecule has 1 atom stereocenters. The molecule has 0 bridgehead atoms. The molecule has 0 aliphatic heterocycles. The van der Waals surface area contributed by atoms with Gasteiger partial charge in [0.15, 0.2) is 0 Å². The molecule has 2 aromatic rings. The SMILES string of the molecule is COc1c(C)cc(C(O)c2cccc(F)c2)cc1C. The Morgan fingerprint density at radius 2 is 1.68 bits per heavy atom. The zero-order chi connectivity index (χ0) is 14.0. The Balaban J connectivity index is 2.42. The van der Waals surface area contributed by atoms with Crippen LogP contribution in [0.15, 0.2) is 36.4 Å². The van der Waals surface area contributed by atoms with Crippen molar-refractivity contribution in [2.45, 2.75) is 20.0 Å². The van der Waals surface area contributed by atoms with Crippen molar-refractivity contribution in [3.8, 4) is 5.75 Å². The van der Waals surface area contributed by atoms with Crippen molar-refractivity contribution in [1.82, 2.24) is 0 Å². The van der Waals surface area contributed by atoms with Gasteiger partial charge in [-0.3, -0.25) is 0 Å². The van der Waals surface area contributed by atoms with Gasteiger partial charge in [-0.25, -0.2) is 4.39 Å². The standard InChI is InChI=1S/C16H17FO2/c1-10-7-13(8-11(2)16(10)19-3)15(18)12-5-4-6-14(17)9-12/h4-9,15,18H,1-3H3. The van der Waals surface area contributed by atoms with E-state index in [1.54, 1.807) is 19.2 Å². The molecule has 0 saturated heterocycles. The van der Waals surface area contributed by atoms with Gasteiger partial charge in [-0.2, -0.15) is 0 Å². The van der Waals surface area contributed by atoms with E-state index in [1.165, 1.54) is 12.1 Å². The molecule has 1 unspecified atom stereocenters. The molecule has 0 aromatic heterocycles. The van der Waals surface area contributed by atoms with E-state index in [4.69, 9.17) is 4.74 Å². The number of hydrogen-bond acceptors (Lipinski definition) is 2. The summed E-state index contributed by atoms with van der Waals surface area (Å²) in [5.41, 5.74) is 3.19. The van der Waals surface area contributed by atoms with Gasteiger partial charge in [-0.15, -0.1) is 0 Å². The minimum Gasteiger partial charge on any atom is -0.496 e. The molecular weight excluding hydrogens is 243 g/mol. The second kappa shape index (κ2) is 5.41. The predicted molar refractivity (Wildman–Crippen MR) is 72.9 cm³/mol. The van der Waals surface area contributed by atoms with Gasteiger partial charge in [-0.05, 0) is 60.4 Å². The highest BCUT2D eigenvalue weighted by Crippen LogP contribution is 2.30. The summed E-state index contributed by atoms with van der Waals surface area (Å²) >= 11 is 0. The number of rotatable bonds is 3. The van der Waals surface area contributed by atoms with E-state index in [1.807, 2.05) is 26.0 Å². The van der Waals surface area contributed by atoms with Crippen molar-refractivity contribution in [3.05, 3.63) is 64.5 Å². The number of benzene rings is 2. The van der Waals surface area contributed by atoms with Gasteiger partial charge in [0.1, 0.15) is 17.7 Å². The number of aryl methyl sites for hydroxylation is 2. The van der Waals surface area contributed by atoms with Gasteiger partial charge in [0.25, 0.3) is 0 Å². The molecule has 0 aliphatic rings. The Bertz CT molecular complexity index is 570. The van der Waals surface area contributed by atoms with Crippen molar-refractivity contribution in [2.24, 2.45) is 0 Å². The Kier molecular flexibility index (Phi) is 3.86. The molecule has 3 heteroatoms. The first-order valence-electron chi connectivity index (χ1n) is 6.11. The molecule has 19 heavy (non-hydrogen) atoms. The maximum Gasteiger partial charge on any atom is 0.124 e. The van der Waals surface area contributed by atoms with Crippen LogP contribution in [0.1, 0.15) is 28.4 Å². The number of hydrogen-bond donors (Lipinski definition) is 1. The summed E-state index contributed by atoms with van der Waals surface area (Å²) < 4.78 is 18.5. The molecule has 0 amide bonds. The van der Waals surface area contributed by atoms with Gasteiger partial charge in [0.2, 0.25) is 0 Å². The third-order valence-corrected chi connectivity index (χ3v) is 3.17. The van der Waals surface area contributed by atoms with Gasteiger partial charge in [-0.1, -0.05) is 12.1 Å². The number of ether oxygens (including phenoxy) is 1. The summed E-state index contributed by atoms with van der Waals surface area (Å²) in [4.78, 5) is 0. The molecule has 0 aliphatic carbocycles. The maximum atomic E-state index is 13.2. The zero-order valence-corrected chi connectivity index (χ0v) is 11.3. The minimum absolute atomic E-state index is 0.349. The average Bonchev–Trinajstić information content (AvgIpc) is 2.37. The molecule has 100 valence electrons. The predicted octanol–water partition coefficient (Wildman–Crippen LogP) is 3.53. The number of halogens is 1. The summed E-state index contributed by atoms with van der Waals surface area (Å²) in [6.07, 6.45) is -0.834. The van der Waals surface area contributed by atoms with Crippen LogP contribution in [-0.2, 0) is 0 Å². The molecule has 0 saturated carbocycles. The highest BCUT2D eigenvalue weighted by molar-refractivity contribution is 5.45. The van der Waals surface area contributed by atoms with Gasteiger partial charge >= 0.3 is 0 Å². The van der Waals surface area contributed by atoms with Crippen molar-refractivity contribution in [2.75, 3.05) is 7.11 Å². The van der Waals surface area contributed by atoms with E-state index in [9.17, 15) is 9.50 Å². The summed E-state index contributed by atoms with van der Waals surface area (Å²) in [5.74, 6) is 0.466. The average molecular weight is 260 g/mol. The van der Waals surface area contributed by atoms with Crippen molar-refractivity contribution < 1.29 is 14.2 Å². The third kappa shape index (κ3) is 2.76. The van der Waals surface area contributed by atoms with Crippen molar-refractivity contribution >= 4 is 0 Å². The Morgan fingerprint density at radius 1 is 1.05 bits per heavy atom. The monoisotopic (exact) mass is 260 g/mol. The molecule has 2 nitrogen and oxygen atoms in total. The molecule has 0 fully saturated rings. The van der Waals surface area contributed by atoms with Crippen LogP contribution in [0.5, 0.6) is 5.75 Å². The van der Waals surface area contributed by atoms with Crippen LogP contribution in [0.4, 0.5) is 4.39 Å². The largest absolute Gasteiger partial charge is 0.496 e. The fourth-order valence-corrected chi connectivity index (χ4v) is 2.33. The van der Waals surface area contributed by atoms with E-state index in [0.29, 0.717) is 5.56 Å². The van der Waals surface area contributed by atoms with Crippen LogP contribution in [0.3, 0.4) is 0 Å². The van der Waals surface area contributed by atoms with Crippen LogP contribution in [0.25, 0.3) is 0 Å². The molecule has 0 radical (unpaired) electrons. The second-order valence-electron chi connectivity index (χ2n) is 4.65. The summed E-state index contributed by atoms with van der Waals surface area (Å²) in [7, 11) is 1.62. The molecule has 2 rings (SSSR count). The van der Waals surface area contributed by atoms with Gasteiger partial charge in [0, 0.05) is 0 Å². The van der Waals surface area contributed by atoms with E-state index in [-0.39, 0.29) is 5.82 Å². The van der Waals surface area contributed by atoms with Crippen LogP contribution in [0, 0.1) is 19.7 Å². The van der Waals surface area contributed by atoms with Gasteiger partial charge < -0.3 is 9.84 Å². The first-order chi connectivity index (χ1) is 9.02. The lowest BCUT2D eigenvalue weighted by molar-refractivity contribution is 0.219. The van der Waals surface area contributed by atoms with E-state index < -0.39 is 6.10 Å². The first kappa shape index (κ1) is 13.6. The number of aliphatic hydroxyl groups is 1. The Morgan fingerprint density at radius 3 is 2.21 bits per heavy atom. The van der Waals surface area contributed by atoms with Crippen LogP contribution >= 0.6 is 0 Å². The lowest BCUT2D eigenvalue weighted by Crippen LogP contribution is -2.02. The molecular formula is C16H17FO2. The molecule has 0 heterocycles. The van der Waals surface area contributed by atoms with Crippen molar-refractivity contribution in [1.29, 1.82) is 0 Å². The van der Waals surface area contributed by atoms with E-state index in [2.05, 4.69) is 0 Å². The molecule has 1 N–H and O–H groups in total. The first-order valence-corrected chi connectivity index (χ1v) is 6.11. The quantitative estimate of drug-likeness (QED) is 0.914. The minimum atomic E-state index is -0.834. The second-order valence-corrected chi connectivity index (χ2v) is 4.65. The fourth-order valence-electron chi connectivity index (χ4n) is 2.33. The normalized spacial score (nSPS) is 12.3. The Labute approximate surface area is 112 Å². The maximum absolute atomic E-state index is 13.2. The molecule has 0 spiro atoms. The smallest absolute Gasteiger partial charge is 0.124 e. The lowest BCUT2D eigenvalue weighted by Gasteiger charge is -2.16.